The first-order valence-electron chi connectivity index (χ1n) is 9.03. The molecule has 142 valence electrons. The van der Waals surface area contributed by atoms with E-state index in [0.717, 1.165) is 31.6 Å². The topological polar surface area (TPSA) is 74.3 Å². The van der Waals surface area contributed by atoms with E-state index < -0.39 is 17.6 Å². The van der Waals surface area contributed by atoms with E-state index in [1.807, 2.05) is 12.1 Å². The Bertz CT molecular complexity index is 805. The van der Waals surface area contributed by atoms with E-state index in [1.165, 1.54) is 6.07 Å². The number of nitrogens with zero attached hydrogens (tertiary/aromatic N) is 2. The number of anilines is 2. The molecule has 0 aliphatic carbocycles. The molecule has 2 aromatic rings. The summed E-state index contributed by atoms with van der Waals surface area (Å²) in [7, 11) is 0. The molecule has 0 unspecified atom stereocenters. The molecule has 1 aliphatic heterocycles. The van der Waals surface area contributed by atoms with Gasteiger partial charge in [-0.05, 0) is 55.5 Å². The predicted octanol–water partition coefficient (Wildman–Crippen LogP) is 2.50. The molecule has 1 fully saturated rings. The van der Waals surface area contributed by atoms with Crippen molar-refractivity contribution in [1.29, 1.82) is 0 Å². The summed E-state index contributed by atoms with van der Waals surface area (Å²) in [6, 6.07) is 8.30. The van der Waals surface area contributed by atoms with Crippen molar-refractivity contribution in [1.82, 2.24) is 10.3 Å². The minimum atomic E-state index is -0.785. The minimum Gasteiger partial charge on any atom is -0.371 e. The molecule has 0 atom stereocenters. The second-order valence-electron chi connectivity index (χ2n) is 6.76. The summed E-state index contributed by atoms with van der Waals surface area (Å²) in [5.74, 6) is -1.58. The number of carbonyl (C=O) groups is 2. The lowest BCUT2D eigenvalue weighted by molar-refractivity contribution is -0.136. The van der Waals surface area contributed by atoms with E-state index in [9.17, 15) is 14.0 Å². The van der Waals surface area contributed by atoms with Crippen molar-refractivity contribution in [2.24, 2.45) is 5.92 Å². The Hall–Kier alpha value is -2.96. The zero-order valence-electron chi connectivity index (χ0n) is 15.2. The number of hydrogen-bond acceptors (Lipinski definition) is 4. The standard InChI is InChI=1S/C20H23FN4O2/c1-14-2-3-16(12-18(14)21)24-20(27)19(26)23-13-15-6-10-25(11-7-15)17-4-8-22-9-5-17/h2-5,8-9,12,15H,6-7,10-11,13H2,1H3,(H,23,26)(H,24,27). The molecule has 1 aliphatic rings. The fourth-order valence-electron chi connectivity index (χ4n) is 3.13. The third kappa shape index (κ3) is 5.03. The van der Waals surface area contributed by atoms with Crippen LogP contribution in [0.25, 0.3) is 0 Å². The summed E-state index contributed by atoms with van der Waals surface area (Å²) in [5.41, 5.74) is 1.90. The lowest BCUT2D eigenvalue weighted by atomic mass is 9.96. The van der Waals surface area contributed by atoms with Gasteiger partial charge >= 0.3 is 11.8 Å². The molecule has 2 heterocycles. The highest BCUT2D eigenvalue weighted by molar-refractivity contribution is 6.39. The maximum Gasteiger partial charge on any atom is 0.313 e. The number of hydrogen-bond donors (Lipinski definition) is 2. The van der Waals surface area contributed by atoms with Crippen molar-refractivity contribution in [3.63, 3.8) is 0 Å². The normalized spacial score (nSPS) is 14.7. The lowest BCUT2D eigenvalue weighted by Gasteiger charge is -2.33. The summed E-state index contributed by atoms with van der Waals surface area (Å²) in [6.07, 6.45) is 5.43. The molecule has 2 N–H and O–H groups in total. The smallest absolute Gasteiger partial charge is 0.313 e. The van der Waals surface area contributed by atoms with E-state index >= 15 is 0 Å². The maximum atomic E-state index is 13.5. The summed E-state index contributed by atoms with van der Waals surface area (Å²) in [6.45, 7) is 3.89. The van der Waals surface area contributed by atoms with E-state index in [1.54, 1.807) is 31.5 Å². The van der Waals surface area contributed by atoms with Crippen molar-refractivity contribution in [3.8, 4) is 0 Å². The van der Waals surface area contributed by atoms with Gasteiger partial charge in [-0.25, -0.2) is 4.39 Å². The molecule has 0 radical (unpaired) electrons. The van der Waals surface area contributed by atoms with Crippen molar-refractivity contribution in [3.05, 3.63) is 54.1 Å². The minimum absolute atomic E-state index is 0.268. The van der Waals surface area contributed by atoms with Crippen molar-refractivity contribution in [2.75, 3.05) is 29.9 Å². The van der Waals surface area contributed by atoms with Crippen LogP contribution in [0.15, 0.2) is 42.7 Å². The molecule has 2 amide bonds. The van der Waals surface area contributed by atoms with Gasteiger partial charge in [0.2, 0.25) is 0 Å². The SMILES string of the molecule is Cc1ccc(NC(=O)C(=O)NCC2CCN(c3ccncc3)CC2)cc1F. The second-order valence-corrected chi connectivity index (χ2v) is 6.76. The van der Waals surface area contributed by atoms with Crippen LogP contribution in [0.3, 0.4) is 0 Å². The van der Waals surface area contributed by atoms with Gasteiger partial charge in [0, 0.05) is 43.4 Å². The van der Waals surface area contributed by atoms with Gasteiger partial charge in [-0.1, -0.05) is 6.07 Å². The van der Waals surface area contributed by atoms with Crippen LogP contribution in [0.1, 0.15) is 18.4 Å². The molecular formula is C20H23FN4O2. The Labute approximate surface area is 157 Å². The molecular weight excluding hydrogens is 347 g/mol. The van der Waals surface area contributed by atoms with Gasteiger partial charge in [-0.3, -0.25) is 14.6 Å². The zero-order chi connectivity index (χ0) is 19.2. The number of halogens is 1. The van der Waals surface area contributed by atoms with Crippen LogP contribution in [0.5, 0.6) is 0 Å². The molecule has 1 aromatic heterocycles. The van der Waals surface area contributed by atoms with E-state index in [2.05, 4.69) is 20.5 Å². The van der Waals surface area contributed by atoms with E-state index in [-0.39, 0.29) is 5.69 Å². The molecule has 1 saturated heterocycles. The number of carbonyl (C=O) groups excluding carboxylic acids is 2. The highest BCUT2D eigenvalue weighted by Gasteiger charge is 2.21. The molecule has 27 heavy (non-hydrogen) atoms. The quantitative estimate of drug-likeness (QED) is 0.811. The fraction of sp³-hybridized carbons (Fsp3) is 0.350. The largest absolute Gasteiger partial charge is 0.371 e. The highest BCUT2D eigenvalue weighted by atomic mass is 19.1. The number of nitrogens with one attached hydrogen (secondary N) is 2. The first-order valence-corrected chi connectivity index (χ1v) is 9.03. The number of aromatic nitrogens is 1. The van der Waals surface area contributed by atoms with Crippen molar-refractivity contribution < 1.29 is 14.0 Å². The molecule has 7 heteroatoms. The van der Waals surface area contributed by atoms with Gasteiger partial charge in [0.1, 0.15) is 5.82 Å². The Kier molecular flexibility index (Phi) is 6.01. The molecule has 1 aromatic carbocycles. The number of amides is 2. The first kappa shape index (κ1) is 18.8. The summed E-state index contributed by atoms with van der Waals surface area (Å²) in [4.78, 5) is 30.3. The van der Waals surface area contributed by atoms with Crippen LogP contribution < -0.4 is 15.5 Å². The van der Waals surface area contributed by atoms with Gasteiger partial charge in [-0.15, -0.1) is 0 Å². The monoisotopic (exact) mass is 370 g/mol. The highest BCUT2D eigenvalue weighted by Crippen LogP contribution is 2.22. The van der Waals surface area contributed by atoms with Crippen LogP contribution in [0, 0.1) is 18.7 Å². The third-order valence-electron chi connectivity index (χ3n) is 4.83. The molecule has 0 saturated carbocycles. The molecule has 6 nitrogen and oxygen atoms in total. The van der Waals surface area contributed by atoms with Crippen LogP contribution in [-0.4, -0.2) is 36.4 Å². The Morgan fingerprint density at radius 3 is 2.52 bits per heavy atom. The summed E-state index contributed by atoms with van der Waals surface area (Å²) in [5, 5.41) is 5.10. The van der Waals surface area contributed by atoms with Gasteiger partial charge in [0.05, 0.1) is 0 Å². The Balaban J connectivity index is 1.42. The van der Waals surface area contributed by atoms with E-state index in [0.29, 0.717) is 18.0 Å². The first-order chi connectivity index (χ1) is 13.0. The molecule has 3 rings (SSSR count). The molecule has 0 bridgehead atoms. The summed E-state index contributed by atoms with van der Waals surface area (Å²) < 4.78 is 13.5. The summed E-state index contributed by atoms with van der Waals surface area (Å²) >= 11 is 0. The predicted molar refractivity (Wildman–Crippen MR) is 102 cm³/mol. The fourth-order valence-corrected chi connectivity index (χ4v) is 3.13. The Morgan fingerprint density at radius 2 is 1.85 bits per heavy atom. The Morgan fingerprint density at radius 1 is 1.15 bits per heavy atom. The van der Waals surface area contributed by atoms with Gasteiger partial charge in [0.15, 0.2) is 0 Å². The van der Waals surface area contributed by atoms with Crippen LogP contribution >= 0.6 is 0 Å². The second kappa shape index (κ2) is 8.62. The van der Waals surface area contributed by atoms with Crippen LogP contribution in [-0.2, 0) is 9.59 Å². The zero-order valence-corrected chi connectivity index (χ0v) is 15.2. The number of pyridine rings is 1. The lowest BCUT2D eigenvalue weighted by Crippen LogP contribution is -2.41. The molecule has 0 spiro atoms. The van der Waals surface area contributed by atoms with Crippen molar-refractivity contribution in [2.45, 2.75) is 19.8 Å². The number of benzene rings is 1. The van der Waals surface area contributed by atoms with Gasteiger partial charge in [-0.2, -0.15) is 0 Å². The number of piperidine rings is 1. The van der Waals surface area contributed by atoms with Gasteiger partial charge in [0.25, 0.3) is 0 Å². The van der Waals surface area contributed by atoms with Crippen molar-refractivity contribution >= 4 is 23.2 Å². The third-order valence-corrected chi connectivity index (χ3v) is 4.83. The average molecular weight is 370 g/mol. The maximum absolute atomic E-state index is 13.5. The number of rotatable bonds is 4. The van der Waals surface area contributed by atoms with Gasteiger partial charge < -0.3 is 15.5 Å². The van der Waals surface area contributed by atoms with Crippen LogP contribution in [0.4, 0.5) is 15.8 Å². The average Bonchev–Trinajstić information content (AvgIpc) is 2.70. The van der Waals surface area contributed by atoms with Crippen LogP contribution in [0.2, 0.25) is 0 Å². The van der Waals surface area contributed by atoms with E-state index in [4.69, 9.17) is 0 Å². The number of aryl methyl sites for hydroxylation is 1.